The average molecular weight is 312 g/mol. The molecule has 0 saturated carbocycles. The molecule has 2 aromatic rings. The monoisotopic (exact) mass is 312 g/mol. The highest BCUT2D eigenvalue weighted by Crippen LogP contribution is 2.29. The van der Waals surface area contributed by atoms with Gasteiger partial charge < -0.3 is 16.2 Å². The Hall–Kier alpha value is -2.33. The second-order valence-electron chi connectivity index (χ2n) is 5.86. The van der Waals surface area contributed by atoms with Crippen molar-refractivity contribution in [2.75, 3.05) is 11.9 Å². The van der Waals surface area contributed by atoms with Crippen molar-refractivity contribution in [1.82, 2.24) is 0 Å². The number of carbonyl (C=O) groups is 1. The fraction of sp³-hybridized carbons (Fsp3) is 0.316. The molecule has 1 unspecified atom stereocenters. The predicted molar refractivity (Wildman–Crippen MR) is 94.7 cm³/mol. The van der Waals surface area contributed by atoms with Crippen LogP contribution in [0.5, 0.6) is 0 Å². The van der Waals surface area contributed by atoms with Crippen molar-refractivity contribution in [3.63, 3.8) is 0 Å². The summed E-state index contributed by atoms with van der Waals surface area (Å²) in [5.74, 6) is -0.448. The minimum atomic E-state index is -0.448. The second kappa shape index (κ2) is 7.29. The van der Waals surface area contributed by atoms with E-state index in [9.17, 15) is 9.90 Å². The summed E-state index contributed by atoms with van der Waals surface area (Å²) in [6.07, 6.45) is 0.788. The molecule has 0 aromatic heterocycles. The van der Waals surface area contributed by atoms with Crippen LogP contribution >= 0.6 is 0 Å². The van der Waals surface area contributed by atoms with Gasteiger partial charge in [0.05, 0.1) is 6.61 Å². The number of nitrogens with one attached hydrogen (secondary N) is 1. The smallest absolute Gasteiger partial charge is 0.249 e. The molecule has 0 spiro atoms. The van der Waals surface area contributed by atoms with Gasteiger partial charge >= 0.3 is 0 Å². The SMILES string of the molecule is CCC(CO)Nc1cc(-c2ccc(C)cc2)cc(C(N)=O)c1C. The van der Waals surface area contributed by atoms with Gasteiger partial charge in [0.2, 0.25) is 5.91 Å². The van der Waals surface area contributed by atoms with E-state index in [2.05, 4.69) is 5.32 Å². The van der Waals surface area contributed by atoms with Gasteiger partial charge in [-0.05, 0) is 49.1 Å². The minimum absolute atomic E-state index is 0.0383. The lowest BCUT2D eigenvalue weighted by Gasteiger charge is -2.20. The lowest BCUT2D eigenvalue weighted by Crippen LogP contribution is -2.24. The molecule has 2 rings (SSSR count). The van der Waals surface area contributed by atoms with Crippen LogP contribution < -0.4 is 11.1 Å². The maximum Gasteiger partial charge on any atom is 0.249 e. The van der Waals surface area contributed by atoms with Gasteiger partial charge in [0.1, 0.15) is 0 Å². The molecule has 0 aliphatic rings. The van der Waals surface area contributed by atoms with Crippen LogP contribution in [0.1, 0.15) is 34.8 Å². The standard InChI is InChI=1S/C19H24N2O2/c1-4-16(11-22)21-18-10-15(9-17(13(18)3)19(20)23)14-7-5-12(2)6-8-14/h5-10,16,21-22H,4,11H2,1-3H3,(H2,20,23). The van der Waals surface area contributed by atoms with E-state index < -0.39 is 5.91 Å². The number of aliphatic hydroxyl groups is 1. The van der Waals surface area contributed by atoms with E-state index in [1.165, 1.54) is 5.56 Å². The minimum Gasteiger partial charge on any atom is -0.394 e. The lowest BCUT2D eigenvalue weighted by atomic mass is 9.96. The number of nitrogens with two attached hydrogens (primary N) is 1. The zero-order valence-electron chi connectivity index (χ0n) is 13.9. The third-order valence-corrected chi connectivity index (χ3v) is 4.13. The zero-order valence-corrected chi connectivity index (χ0v) is 13.9. The van der Waals surface area contributed by atoms with E-state index in [1.807, 2.05) is 57.2 Å². The number of primary amides is 1. The average Bonchev–Trinajstić information content (AvgIpc) is 2.54. The van der Waals surface area contributed by atoms with Crippen molar-refractivity contribution < 1.29 is 9.90 Å². The van der Waals surface area contributed by atoms with E-state index in [4.69, 9.17) is 5.73 Å². The summed E-state index contributed by atoms with van der Waals surface area (Å²) in [5.41, 5.74) is 10.8. The number of hydrogen-bond donors (Lipinski definition) is 3. The van der Waals surface area contributed by atoms with E-state index in [0.717, 1.165) is 28.8 Å². The molecule has 2 aromatic carbocycles. The van der Waals surface area contributed by atoms with Crippen LogP contribution in [0.3, 0.4) is 0 Å². The number of anilines is 1. The number of aryl methyl sites for hydroxylation is 1. The number of carbonyl (C=O) groups excluding carboxylic acids is 1. The molecule has 0 bridgehead atoms. The van der Waals surface area contributed by atoms with Gasteiger partial charge in [0.25, 0.3) is 0 Å². The van der Waals surface area contributed by atoms with Crippen molar-refractivity contribution in [3.8, 4) is 11.1 Å². The van der Waals surface area contributed by atoms with Crippen molar-refractivity contribution in [1.29, 1.82) is 0 Å². The molecular formula is C19H24N2O2. The summed E-state index contributed by atoms with van der Waals surface area (Å²) >= 11 is 0. The van der Waals surface area contributed by atoms with Gasteiger partial charge in [-0.2, -0.15) is 0 Å². The van der Waals surface area contributed by atoms with Crippen LogP contribution in [-0.2, 0) is 0 Å². The maximum absolute atomic E-state index is 11.8. The first kappa shape index (κ1) is 17.0. The first-order valence-corrected chi connectivity index (χ1v) is 7.85. The molecule has 0 aliphatic heterocycles. The summed E-state index contributed by atoms with van der Waals surface area (Å²) in [6, 6.07) is 11.9. The number of aliphatic hydroxyl groups excluding tert-OH is 1. The summed E-state index contributed by atoms with van der Waals surface area (Å²) in [6.45, 7) is 5.94. The summed E-state index contributed by atoms with van der Waals surface area (Å²) < 4.78 is 0. The molecule has 23 heavy (non-hydrogen) atoms. The van der Waals surface area contributed by atoms with Gasteiger partial charge in [-0.15, -0.1) is 0 Å². The fourth-order valence-electron chi connectivity index (χ4n) is 2.53. The molecule has 0 heterocycles. The Morgan fingerprint density at radius 1 is 1.17 bits per heavy atom. The van der Waals surface area contributed by atoms with Gasteiger partial charge in [0, 0.05) is 17.3 Å². The molecule has 4 nitrogen and oxygen atoms in total. The van der Waals surface area contributed by atoms with Gasteiger partial charge in [0.15, 0.2) is 0 Å². The van der Waals surface area contributed by atoms with Crippen LogP contribution in [0, 0.1) is 13.8 Å². The van der Waals surface area contributed by atoms with E-state index in [1.54, 1.807) is 0 Å². The molecule has 4 N–H and O–H groups in total. The molecule has 1 amide bonds. The van der Waals surface area contributed by atoms with Crippen LogP contribution in [0.2, 0.25) is 0 Å². The number of benzene rings is 2. The second-order valence-corrected chi connectivity index (χ2v) is 5.86. The Morgan fingerprint density at radius 3 is 2.35 bits per heavy atom. The van der Waals surface area contributed by atoms with Gasteiger partial charge in [-0.3, -0.25) is 4.79 Å². The molecule has 0 aliphatic carbocycles. The fourth-order valence-corrected chi connectivity index (χ4v) is 2.53. The van der Waals surface area contributed by atoms with Gasteiger partial charge in [-0.1, -0.05) is 36.8 Å². The largest absolute Gasteiger partial charge is 0.394 e. The summed E-state index contributed by atoms with van der Waals surface area (Å²) in [4.78, 5) is 11.8. The third kappa shape index (κ3) is 3.90. The molecule has 122 valence electrons. The Bertz CT molecular complexity index is 689. The summed E-state index contributed by atoms with van der Waals surface area (Å²) in [7, 11) is 0. The van der Waals surface area contributed by atoms with Crippen LogP contribution in [-0.4, -0.2) is 23.7 Å². The van der Waals surface area contributed by atoms with Crippen LogP contribution in [0.4, 0.5) is 5.69 Å². The van der Waals surface area contributed by atoms with Gasteiger partial charge in [-0.25, -0.2) is 0 Å². The third-order valence-electron chi connectivity index (χ3n) is 4.13. The Balaban J connectivity index is 2.53. The normalized spacial score (nSPS) is 12.0. The molecule has 4 heteroatoms. The first-order chi connectivity index (χ1) is 11.0. The van der Waals surface area contributed by atoms with Crippen molar-refractivity contribution in [3.05, 3.63) is 53.1 Å². The Morgan fingerprint density at radius 2 is 1.83 bits per heavy atom. The van der Waals surface area contributed by atoms with Crippen molar-refractivity contribution in [2.45, 2.75) is 33.2 Å². The maximum atomic E-state index is 11.8. The van der Waals surface area contributed by atoms with Crippen molar-refractivity contribution >= 4 is 11.6 Å². The van der Waals surface area contributed by atoms with Crippen molar-refractivity contribution in [2.24, 2.45) is 5.73 Å². The van der Waals surface area contributed by atoms with Crippen LogP contribution in [0.15, 0.2) is 36.4 Å². The highest BCUT2D eigenvalue weighted by molar-refractivity contribution is 5.97. The number of rotatable bonds is 6. The molecule has 1 atom stereocenters. The quantitative estimate of drug-likeness (QED) is 0.766. The molecule has 0 fully saturated rings. The van der Waals surface area contributed by atoms with Crippen LogP contribution in [0.25, 0.3) is 11.1 Å². The Kier molecular flexibility index (Phi) is 5.40. The van der Waals surface area contributed by atoms with E-state index >= 15 is 0 Å². The number of amides is 1. The lowest BCUT2D eigenvalue weighted by molar-refractivity contribution is 0.1000. The summed E-state index contributed by atoms with van der Waals surface area (Å²) in [5, 5.41) is 12.7. The van der Waals surface area contributed by atoms with E-state index in [-0.39, 0.29) is 12.6 Å². The zero-order chi connectivity index (χ0) is 17.0. The number of hydrogen-bond acceptors (Lipinski definition) is 3. The molecular weight excluding hydrogens is 288 g/mol. The topological polar surface area (TPSA) is 75.3 Å². The highest BCUT2D eigenvalue weighted by Gasteiger charge is 2.14. The first-order valence-electron chi connectivity index (χ1n) is 7.85. The van der Waals surface area contributed by atoms with E-state index in [0.29, 0.717) is 5.56 Å². The Labute approximate surface area is 137 Å². The molecule has 0 saturated heterocycles. The highest BCUT2D eigenvalue weighted by atomic mass is 16.3. The molecule has 0 radical (unpaired) electrons. The predicted octanol–water partition coefficient (Wildman–Crippen LogP) is 3.25.